The molecule has 3 unspecified atom stereocenters. The summed E-state index contributed by atoms with van der Waals surface area (Å²) in [6.45, 7) is 0. The summed E-state index contributed by atoms with van der Waals surface area (Å²) in [6, 6.07) is 1.30. The molecule has 3 heterocycles. The van der Waals surface area contributed by atoms with Gasteiger partial charge in [0.15, 0.2) is 0 Å². The molecular weight excluding hydrogens is 194 g/mol. The number of aromatic amines is 1. The number of fused-ring (bicyclic) bond motifs is 2. The fourth-order valence-electron chi connectivity index (χ4n) is 2.60. The Balaban J connectivity index is 1.96. The second kappa shape index (κ2) is 3.06. The second-order valence-electron chi connectivity index (χ2n) is 4.27. The lowest BCUT2D eigenvalue weighted by Gasteiger charge is -2.17. The quantitative estimate of drug-likeness (QED) is 0.697. The Morgan fingerprint density at radius 3 is 3.00 bits per heavy atom. The minimum absolute atomic E-state index is 0.180. The monoisotopic (exact) mass is 207 g/mol. The lowest BCUT2D eigenvalue weighted by molar-refractivity contribution is 0.0998. The minimum Gasteiger partial charge on any atom is -0.383 e. The van der Waals surface area contributed by atoms with Crippen molar-refractivity contribution in [3.05, 3.63) is 22.2 Å². The molecule has 0 spiro atoms. The van der Waals surface area contributed by atoms with Crippen LogP contribution < -0.4 is 11.3 Å². The first kappa shape index (κ1) is 8.91. The topological polar surface area (TPSA) is 81.0 Å². The van der Waals surface area contributed by atoms with Gasteiger partial charge in [0.25, 0.3) is 5.56 Å². The van der Waals surface area contributed by atoms with Crippen LogP contribution in [0.1, 0.15) is 31.0 Å². The Bertz CT molecular complexity index is 443. The number of ether oxygens (including phenoxy) is 1. The maximum absolute atomic E-state index is 11.3. The first-order valence-electron chi connectivity index (χ1n) is 5.24. The van der Waals surface area contributed by atoms with Crippen LogP contribution in [0.3, 0.4) is 0 Å². The first-order valence-corrected chi connectivity index (χ1v) is 5.24. The van der Waals surface area contributed by atoms with Crippen molar-refractivity contribution in [1.82, 2.24) is 9.97 Å². The molecule has 0 radical (unpaired) electrons. The molecule has 2 fully saturated rings. The van der Waals surface area contributed by atoms with Gasteiger partial charge >= 0.3 is 0 Å². The van der Waals surface area contributed by atoms with E-state index < -0.39 is 0 Å². The predicted molar refractivity (Wildman–Crippen MR) is 54.5 cm³/mol. The van der Waals surface area contributed by atoms with E-state index in [1.54, 1.807) is 0 Å². The van der Waals surface area contributed by atoms with Crippen LogP contribution in [0.2, 0.25) is 0 Å². The first-order chi connectivity index (χ1) is 7.22. The fourth-order valence-corrected chi connectivity index (χ4v) is 2.60. The molecule has 80 valence electrons. The number of anilines is 1. The van der Waals surface area contributed by atoms with E-state index in [1.165, 1.54) is 6.07 Å². The van der Waals surface area contributed by atoms with Gasteiger partial charge in [-0.25, -0.2) is 4.98 Å². The molecule has 2 aliphatic heterocycles. The third-order valence-electron chi connectivity index (χ3n) is 3.24. The molecule has 0 aromatic carbocycles. The number of hydrogen-bond acceptors (Lipinski definition) is 4. The number of rotatable bonds is 1. The van der Waals surface area contributed by atoms with Crippen molar-refractivity contribution in [3.63, 3.8) is 0 Å². The molecule has 0 saturated carbocycles. The molecular formula is C10H13N3O2. The molecule has 2 aliphatic rings. The van der Waals surface area contributed by atoms with Gasteiger partial charge in [-0.05, 0) is 19.3 Å². The van der Waals surface area contributed by atoms with Crippen molar-refractivity contribution in [2.24, 2.45) is 0 Å². The number of H-pyrrole nitrogens is 1. The molecule has 1 aromatic heterocycles. The molecule has 0 aliphatic carbocycles. The molecule has 3 N–H and O–H groups in total. The normalized spacial score (nSPS) is 33.5. The zero-order valence-electron chi connectivity index (χ0n) is 8.27. The summed E-state index contributed by atoms with van der Waals surface area (Å²) >= 11 is 0. The van der Waals surface area contributed by atoms with Gasteiger partial charge in [0.05, 0.1) is 12.2 Å². The predicted octanol–water partition coefficient (Wildman–Crippen LogP) is 0.387. The summed E-state index contributed by atoms with van der Waals surface area (Å²) in [5.74, 6) is 1.20. The molecule has 2 bridgehead atoms. The van der Waals surface area contributed by atoms with Crippen LogP contribution >= 0.6 is 0 Å². The van der Waals surface area contributed by atoms with E-state index in [-0.39, 0.29) is 23.4 Å². The van der Waals surface area contributed by atoms with Gasteiger partial charge in [-0.1, -0.05) is 0 Å². The molecule has 3 rings (SSSR count). The van der Waals surface area contributed by atoms with Crippen LogP contribution in [-0.4, -0.2) is 22.2 Å². The largest absolute Gasteiger partial charge is 0.383 e. The number of hydrogen-bond donors (Lipinski definition) is 2. The fraction of sp³-hybridized carbons (Fsp3) is 0.600. The highest BCUT2D eigenvalue weighted by atomic mass is 16.5. The van der Waals surface area contributed by atoms with Crippen LogP contribution in [0.5, 0.6) is 0 Å². The molecule has 15 heavy (non-hydrogen) atoms. The smallest absolute Gasteiger partial charge is 0.252 e. The van der Waals surface area contributed by atoms with Crippen LogP contribution in [0.15, 0.2) is 10.9 Å². The number of nitrogens with zero attached hydrogens (tertiary/aromatic N) is 1. The van der Waals surface area contributed by atoms with Crippen molar-refractivity contribution < 1.29 is 4.74 Å². The summed E-state index contributed by atoms with van der Waals surface area (Å²) in [6.07, 6.45) is 3.73. The van der Waals surface area contributed by atoms with E-state index in [2.05, 4.69) is 9.97 Å². The third-order valence-corrected chi connectivity index (χ3v) is 3.24. The summed E-state index contributed by atoms with van der Waals surface area (Å²) in [7, 11) is 0. The molecule has 0 amide bonds. The number of nitrogens with two attached hydrogens (primary N) is 1. The van der Waals surface area contributed by atoms with Gasteiger partial charge in [0.2, 0.25) is 0 Å². The summed E-state index contributed by atoms with van der Waals surface area (Å²) in [4.78, 5) is 18.2. The van der Waals surface area contributed by atoms with Gasteiger partial charge < -0.3 is 15.5 Å². The van der Waals surface area contributed by atoms with Crippen molar-refractivity contribution in [1.29, 1.82) is 0 Å². The number of nitrogen functional groups attached to an aromatic ring is 1. The van der Waals surface area contributed by atoms with E-state index in [1.807, 2.05) is 0 Å². The average molecular weight is 207 g/mol. The van der Waals surface area contributed by atoms with Crippen molar-refractivity contribution in [3.8, 4) is 0 Å². The molecule has 3 atom stereocenters. The third kappa shape index (κ3) is 1.43. The zero-order chi connectivity index (χ0) is 10.4. The Kier molecular flexibility index (Phi) is 1.82. The highest BCUT2D eigenvalue weighted by Crippen LogP contribution is 2.43. The van der Waals surface area contributed by atoms with Crippen molar-refractivity contribution in [2.75, 3.05) is 5.73 Å². The van der Waals surface area contributed by atoms with Gasteiger partial charge in [-0.3, -0.25) is 4.79 Å². The van der Waals surface area contributed by atoms with Crippen LogP contribution in [0, 0.1) is 0 Å². The summed E-state index contributed by atoms with van der Waals surface area (Å²) in [5.41, 5.74) is 5.37. The lowest BCUT2D eigenvalue weighted by atomic mass is 9.88. The highest BCUT2D eigenvalue weighted by Gasteiger charge is 2.42. The maximum atomic E-state index is 11.3. The summed E-state index contributed by atoms with van der Waals surface area (Å²) < 4.78 is 5.72. The Morgan fingerprint density at radius 2 is 2.40 bits per heavy atom. The molecule has 1 aromatic rings. The van der Waals surface area contributed by atoms with E-state index in [4.69, 9.17) is 10.5 Å². The van der Waals surface area contributed by atoms with Crippen LogP contribution in [0.25, 0.3) is 0 Å². The summed E-state index contributed by atoms with van der Waals surface area (Å²) in [5, 5.41) is 0. The van der Waals surface area contributed by atoms with E-state index in [0.29, 0.717) is 11.9 Å². The van der Waals surface area contributed by atoms with E-state index in [0.717, 1.165) is 19.3 Å². The lowest BCUT2D eigenvalue weighted by Crippen LogP contribution is -2.21. The van der Waals surface area contributed by atoms with Crippen molar-refractivity contribution >= 4 is 5.82 Å². The SMILES string of the molecule is Nc1cc(=O)[nH]c(C2CC3CCC2O3)n1. The number of aromatic nitrogens is 2. The average Bonchev–Trinajstić information content (AvgIpc) is 2.76. The van der Waals surface area contributed by atoms with Crippen molar-refractivity contribution in [2.45, 2.75) is 37.4 Å². The Hall–Kier alpha value is -1.36. The molecule has 5 heteroatoms. The van der Waals surface area contributed by atoms with Gasteiger partial charge in [0, 0.05) is 12.0 Å². The van der Waals surface area contributed by atoms with E-state index in [9.17, 15) is 4.79 Å². The Morgan fingerprint density at radius 1 is 1.53 bits per heavy atom. The van der Waals surface area contributed by atoms with Gasteiger partial charge in [-0.2, -0.15) is 0 Å². The highest BCUT2D eigenvalue weighted by molar-refractivity contribution is 5.26. The maximum Gasteiger partial charge on any atom is 0.252 e. The molecule has 2 saturated heterocycles. The number of nitrogens with one attached hydrogen (secondary N) is 1. The van der Waals surface area contributed by atoms with Gasteiger partial charge in [-0.15, -0.1) is 0 Å². The molecule has 5 nitrogen and oxygen atoms in total. The second-order valence-corrected chi connectivity index (χ2v) is 4.27. The van der Waals surface area contributed by atoms with Gasteiger partial charge in [0.1, 0.15) is 11.6 Å². The van der Waals surface area contributed by atoms with Crippen LogP contribution in [-0.2, 0) is 4.74 Å². The Labute approximate surface area is 86.7 Å². The standard InChI is InChI=1S/C10H13N3O2/c11-8-4-9(14)13-10(12-8)6-3-5-1-2-7(6)15-5/h4-7H,1-3H2,(H3,11,12,13,14). The minimum atomic E-state index is -0.180. The van der Waals surface area contributed by atoms with Crippen LogP contribution in [0.4, 0.5) is 5.82 Å². The van der Waals surface area contributed by atoms with E-state index >= 15 is 0 Å². The zero-order valence-corrected chi connectivity index (χ0v) is 8.27.